The maximum absolute atomic E-state index is 13.2. The van der Waals surface area contributed by atoms with Gasteiger partial charge in [0.05, 0.1) is 15.5 Å². The fourth-order valence-corrected chi connectivity index (χ4v) is 4.28. The molecule has 3 aromatic rings. The smallest absolute Gasteiger partial charge is 0.324 e. The Hall–Kier alpha value is -3.72. The lowest BCUT2D eigenvalue weighted by Gasteiger charge is -2.25. The summed E-state index contributed by atoms with van der Waals surface area (Å²) < 4.78 is 27.2. The predicted octanol–water partition coefficient (Wildman–Crippen LogP) is 3.54. The van der Waals surface area contributed by atoms with E-state index in [-0.39, 0.29) is 16.3 Å². The molecule has 0 fully saturated rings. The number of carbonyl (C=O) groups is 1. The SMILES string of the molecule is O=C(O)CN(c1ccccc1-c1ccccc1)S(=O)(=O)c1ccc([N+](=O)[O-])cc1. The minimum absolute atomic E-state index is 0.194. The Bertz CT molecular complexity index is 1150. The predicted molar refractivity (Wildman–Crippen MR) is 107 cm³/mol. The van der Waals surface area contributed by atoms with Crippen LogP contribution in [0.2, 0.25) is 0 Å². The van der Waals surface area contributed by atoms with Crippen molar-refractivity contribution in [3.8, 4) is 11.1 Å². The zero-order valence-corrected chi connectivity index (χ0v) is 15.8. The molecular weight excluding hydrogens is 396 g/mol. The first-order valence-electron chi connectivity index (χ1n) is 8.44. The molecule has 0 amide bonds. The molecule has 3 aromatic carbocycles. The Morgan fingerprint density at radius 3 is 2.10 bits per heavy atom. The summed E-state index contributed by atoms with van der Waals surface area (Å²) in [5.41, 5.74) is 1.19. The second-order valence-corrected chi connectivity index (χ2v) is 7.90. The molecule has 0 aromatic heterocycles. The fraction of sp³-hybridized carbons (Fsp3) is 0.0500. The first-order chi connectivity index (χ1) is 13.8. The summed E-state index contributed by atoms with van der Waals surface area (Å²) in [6.45, 7) is -0.802. The Kier molecular flexibility index (Phi) is 5.60. The Morgan fingerprint density at radius 1 is 0.931 bits per heavy atom. The molecule has 8 nitrogen and oxygen atoms in total. The summed E-state index contributed by atoms with van der Waals surface area (Å²) in [7, 11) is -4.29. The highest BCUT2D eigenvalue weighted by atomic mass is 32.2. The molecule has 0 radical (unpaired) electrons. The second-order valence-electron chi connectivity index (χ2n) is 6.04. The van der Waals surface area contributed by atoms with E-state index in [0.717, 1.165) is 34.1 Å². The number of hydrogen-bond donors (Lipinski definition) is 1. The van der Waals surface area contributed by atoms with Crippen molar-refractivity contribution in [2.75, 3.05) is 10.8 Å². The molecule has 3 rings (SSSR count). The first-order valence-corrected chi connectivity index (χ1v) is 9.88. The number of nitro groups is 1. The van der Waals surface area contributed by atoms with E-state index in [1.807, 2.05) is 6.07 Å². The van der Waals surface area contributed by atoms with E-state index in [0.29, 0.717) is 5.56 Å². The Balaban J connectivity index is 2.15. The Morgan fingerprint density at radius 2 is 1.52 bits per heavy atom. The van der Waals surface area contributed by atoms with Crippen LogP contribution in [0.4, 0.5) is 11.4 Å². The van der Waals surface area contributed by atoms with Gasteiger partial charge < -0.3 is 5.11 Å². The molecule has 1 N–H and O–H groups in total. The van der Waals surface area contributed by atoms with Crippen molar-refractivity contribution >= 4 is 27.4 Å². The van der Waals surface area contributed by atoms with E-state index in [9.17, 15) is 28.4 Å². The van der Waals surface area contributed by atoms with E-state index in [1.54, 1.807) is 42.5 Å². The van der Waals surface area contributed by atoms with Gasteiger partial charge in [-0.3, -0.25) is 19.2 Å². The molecule has 0 bridgehead atoms. The van der Waals surface area contributed by atoms with Crippen molar-refractivity contribution in [3.05, 3.63) is 89.0 Å². The quantitative estimate of drug-likeness (QED) is 0.468. The van der Waals surface area contributed by atoms with Crippen LogP contribution in [0.1, 0.15) is 0 Å². The van der Waals surface area contributed by atoms with Crippen LogP contribution in [0.25, 0.3) is 11.1 Å². The van der Waals surface area contributed by atoms with Crippen molar-refractivity contribution in [2.24, 2.45) is 0 Å². The number of sulfonamides is 1. The van der Waals surface area contributed by atoms with Gasteiger partial charge in [0.1, 0.15) is 6.54 Å². The third kappa shape index (κ3) is 4.25. The molecule has 0 atom stereocenters. The van der Waals surface area contributed by atoms with Crippen molar-refractivity contribution in [3.63, 3.8) is 0 Å². The van der Waals surface area contributed by atoms with Crippen LogP contribution in [-0.4, -0.2) is 31.0 Å². The van der Waals surface area contributed by atoms with Crippen LogP contribution in [0.3, 0.4) is 0 Å². The second kappa shape index (κ2) is 8.11. The lowest BCUT2D eigenvalue weighted by molar-refractivity contribution is -0.384. The van der Waals surface area contributed by atoms with Crippen LogP contribution in [-0.2, 0) is 14.8 Å². The fourth-order valence-electron chi connectivity index (χ4n) is 2.84. The van der Waals surface area contributed by atoms with E-state index in [4.69, 9.17) is 0 Å². The van der Waals surface area contributed by atoms with Crippen LogP contribution in [0.15, 0.2) is 83.8 Å². The van der Waals surface area contributed by atoms with E-state index in [1.165, 1.54) is 6.07 Å². The highest BCUT2D eigenvalue weighted by Crippen LogP contribution is 2.34. The van der Waals surface area contributed by atoms with Gasteiger partial charge in [-0.05, 0) is 23.8 Å². The van der Waals surface area contributed by atoms with Gasteiger partial charge in [0.15, 0.2) is 0 Å². The standard InChI is InChI=1S/C20H16N2O6S/c23-20(24)14-21(29(27,28)17-12-10-16(11-13-17)22(25)26)19-9-5-4-8-18(19)15-6-2-1-3-7-15/h1-13H,14H2,(H,23,24). The number of nitro benzene ring substituents is 1. The van der Waals surface area contributed by atoms with Crippen molar-refractivity contribution in [1.82, 2.24) is 0 Å². The maximum Gasteiger partial charge on any atom is 0.324 e. The number of aliphatic carboxylic acids is 1. The molecular formula is C20H16N2O6S. The molecule has 29 heavy (non-hydrogen) atoms. The van der Waals surface area contributed by atoms with E-state index >= 15 is 0 Å². The average molecular weight is 412 g/mol. The van der Waals surface area contributed by atoms with Crippen LogP contribution in [0.5, 0.6) is 0 Å². The van der Waals surface area contributed by atoms with Gasteiger partial charge >= 0.3 is 5.97 Å². The van der Waals surface area contributed by atoms with Gasteiger partial charge in [-0.25, -0.2) is 8.42 Å². The van der Waals surface area contributed by atoms with Crippen molar-refractivity contribution in [1.29, 1.82) is 0 Å². The number of benzene rings is 3. The minimum Gasteiger partial charge on any atom is -0.480 e. The van der Waals surface area contributed by atoms with Gasteiger partial charge in [-0.1, -0.05) is 48.5 Å². The van der Waals surface area contributed by atoms with E-state index in [2.05, 4.69) is 0 Å². The lowest BCUT2D eigenvalue weighted by Crippen LogP contribution is -2.36. The molecule has 0 saturated heterocycles. The monoisotopic (exact) mass is 412 g/mol. The topological polar surface area (TPSA) is 118 Å². The maximum atomic E-state index is 13.2. The molecule has 0 spiro atoms. The van der Waals surface area contributed by atoms with Gasteiger partial charge in [0, 0.05) is 17.7 Å². The first kappa shape index (κ1) is 20.0. The number of anilines is 1. The molecule has 0 saturated carbocycles. The third-order valence-corrected chi connectivity index (χ3v) is 5.95. The molecule has 9 heteroatoms. The van der Waals surface area contributed by atoms with Gasteiger partial charge in [-0.2, -0.15) is 0 Å². The van der Waals surface area contributed by atoms with E-state index < -0.39 is 27.5 Å². The third-order valence-electron chi connectivity index (χ3n) is 4.17. The summed E-state index contributed by atoms with van der Waals surface area (Å²) in [4.78, 5) is 21.4. The van der Waals surface area contributed by atoms with Gasteiger partial charge in [0.25, 0.3) is 15.7 Å². The molecule has 0 aliphatic carbocycles. The van der Waals surface area contributed by atoms with Gasteiger partial charge in [0.2, 0.25) is 0 Å². The summed E-state index contributed by atoms with van der Waals surface area (Å²) in [5, 5.41) is 20.2. The summed E-state index contributed by atoms with van der Waals surface area (Å²) in [6, 6.07) is 19.8. The van der Waals surface area contributed by atoms with Crippen molar-refractivity contribution in [2.45, 2.75) is 4.90 Å². The summed E-state index contributed by atoms with van der Waals surface area (Å²) in [5.74, 6) is -1.33. The lowest BCUT2D eigenvalue weighted by atomic mass is 10.0. The largest absolute Gasteiger partial charge is 0.480 e. The van der Waals surface area contributed by atoms with Crippen LogP contribution in [0, 0.1) is 10.1 Å². The highest BCUT2D eigenvalue weighted by Gasteiger charge is 2.29. The van der Waals surface area contributed by atoms with Crippen LogP contribution >= 0.6 is 0 Å². The zero-order valence-electron chi connectivity index (χ0n) is 15.0. The highest BCUT2D eigenvalue weighted by molar-refractivity contribution is 7.92. The number of non-ortho nitro benzene ring substituents is 1. The summed E-state index contributed by atoms with van der Waals surface area (Å²) in [6.07, 6.45) is 0. The van der Waals surface area contributed by atoms with Crippen LogP contribution < -0.4 is 4.31 Å². The normalized spacial score (nSPS) is 11.0. The van der Waals surface area contributed by atoms with Gasteiger partial charge in [-0.15, -0.1) is 0 Å². The van der Waals surface area contributed by atoms with Crippen molar-refractivity contribution < 1.29 is 23.2 Å². The number of nitrogens with zero attached hydrogens (tertiary/aromatic N) is 2. The summed E-state index contributed by atoms with van der Waals surface area (Å²) >= 11 is 0. The molecule has 0 aliphatic rings. The molecule has 148 valence electrons. The molecule has 0 aliphatic heterocycles. The Labute approximate surface area is 166 Å². The minimum atomic E-state index is -4.29. The number of carboxylic acids is 1. The number of carboxylic acid groups (broad SMARTS) is 1. The number of para-hydroxylation sites is 1. The average Bonchev–Trinajstić information content (AvgIpc) is 2.72. The number of hydrogen-bond acceptors (Lipinski definition) is 5. The molecule has 0 unspecified atom stereocenters. The zero-order chi connectivity index (χ0) is 21.0. The number of rotatable bonds is 7. The molecule has 0 heterocycles.